The van der Waals surface area contributed by atoms with Crippen LogP contribution in [0.25, 0.3) is 0 Å². The molecule has 2 N–H and O–H groups in total. The molecule has 0 aromatic heterocycles. The van der Waals surface area contributed by atoms with E-state index in [1.54, 1.807) is 16.9 Å². The van der Waals surface area contributed by atoms with Gasteiger partial charge in [0.15, 0.2) is 0 Å². The van der Waals surface area contributed by atoms with E-state index < -0.39 is 16.3 Å². The van der Waals surface area contributed by atoms with Crippen LogP contribution in [0, 0.1) is 0 Å². The SMILES string of the molecule is COC(=O)NS(=O)(=O)Nc1cc(Cl)ccc1Br. The second-order valence-corrected chi connectivity index (χ2v) is 5.53. The lowest BCUT2D eigenvalue weighted by atomic mass is 10.3. The van der Waals surface area contributed by atoms with Crippen LogP contribution in [0.2, 0.25) is 5.02 Å². The van der Waals surface area contributed by atoms with Gasteiger partial charge in [-0.25, -0.2) is 9.52 Å². The van der Waals surface area contributed by atoms with Gasteiger partial charge in [0.2, 0.25) is 0 Å². The molecule has 0 aliphatic heterocycles. The molecule has 0 fully saturated rings. The molecule has 0 saturated carbocycles. The van der Waals surface area contributed by atoms with Crippen molar-refractivity contribution in [2.24, 2.45) is 0 Å². The Morgan fingerprint density at radius 3 is 2.71 bits per heavy atom. The molecule has 0 saturated heterocycles. The Morgan fingerprint density at radius 1 is 1.47 bits per heavy atom. The van der Waals surface area contributed by atoms with E-state index >= 15 is 0 Å². The lowest BCUT2D eigenvalue weighted by Gasteiger charge is -2.10. The van der Waals surface area contributed by atoms with Crippen LogP contribution >= 0.6 is 27.5 Å². The topological polar surface area (TPSA) is 84.5 Å². The van der Waals surface area contributed by atoms with Crippen molar-refractivity contribution in [1.82, 2.24) is 4.72 Å². The summed E-state index contributed by atoms with van der Waals surface area (Å²) < 4.78 is 31.3. The summed E-state index contributed by atoms with van der Waals surface area (Å²) >= 11 is 8.85. The van der Waals surface area contributed by atoms with Crippen molar-refractivity contribution in [3.63, 3.8) is 0 Å². The number of hydrogen-bond acceptors (Lipinski definition) is 4. The van der Waals surface area contributed by atoms with Crippen molar-refractivity contribution in [2.75, 3.05) is 11.8 Å². The number of carbonyl (C=O) groups is 1. The maximum atomic E-state index is 11.4. The minimum atomic E-state index is -4.05. The molecule has 0 heterocycles. The Hall–Kier alpha value is -0.990. The van der Waals surface area contributed by atoms with Crippen molar-refractivity contribution in [2.45, 2.75) is 0 Å². The molecule has 0 unspecified atom stereocenters. The number of carbonyl (C=O) groups excluding carboxylic acids is 1. The van der Waals surface area contributed by atoms with Gasteiger partial charge in [-0.3, -0.25) is 4.72 Å². The lowest BCUT2D eigenvalue weighted by Crippen LogP contribution is -2.35. The second-order valence-electron chi connectivity index (χ2n) is 2.82. The molecule has 0 aliphatic rings. The number of anilines is 1. The molecular formula is C8H8BrClN2O4S. The molecular weight excluding hydrogens is 336 g/mol. The van der Waals surface area contributed by atoms with Crippen LogP contribution in [-0.2, 0) is 14.9 Å². The van der Waals surface area contributed by atoms with Gasteiger partial charge in [0, 0.05) is 9.50 Å². The summed E-state index contributed by atoms with van der Waals surface area (Å²) in [6, 6.07) is 4.54. The zero-order chi connectivity index (χ0) is 13.1. The Bertz CT molecular complexity index is 534. The summed E-state index contributed by atoms with van der Waals surface area (Å²) in [7, 11) is -2.99. The van der Waals surface area contributed by atoms with Crippen LogP contribution in [0.5, 0.6) is 0 Å². The number of benzene rings is 1. The Kier molecular flexibility index (Phi) is 4.61. The fraction of sp³-hybridized carbons (Fsp3) is 0.125. The third-order valence-electron chi connectivity index (χ3n) is 1.58. The minimum Gasteiger partial charge on any atom is -0.452 e. The summed E-state index contributed by atoms with van der Waals surface area (Å²) in [5.74, 6) is 0. The third kappa shape index (κ3) is 4.41. The highest BCUT2D eigenvalue weighted by molar-refractivity contribution is 9.10. The zero-order valence-corrected chi connectivity index (χ0v) is 11.7. The number of ether oxygens (including phenoxy) is 1. The van der Waals surface area contributed by atoms with E-state index in [0.717, 1.165) is 7.11 Å². The number of halogens is 2. The number of amides is 1. The van der Waals surface area contributed by atoms with Gasteiger partial charge in [-0.15, -0.1) is 0 Å². The molecule has 94 valence electrons. The van der Waals surface area contributed by atoms with Crippen molar-refractivity contribution in [1.29, 1.82) is 0 Å². The monoisotopic (exact) mass is 342 g/mol. The number of hydrogen-bond donors (Lipinski definition) is 2. The standard InChI is InChI=1S/C8H8BrClN2O4S/c1-16-8(13)12-17(14,15)11-7-4-5(10)2-3-6(7)9/h2-4,11H,1H3,(H,12,13). The fourth-order valence-corrected chi connectivity index (χ4v) is 2.36. The smallest absolute Gasteiger partial charge is 0.422 e. The van der Waals surface area contributed by atoms with Crippen LogP contribution in [-0.4, -0.2) is 21.6 Å². The molecule has 17 heavy (non-hydrogen) atoms. The lowest BCUT2D eigenvalue weighted by molar-refractivity contribution is 0.177. The third-order valence-corrected chi connectivity index (χ3v) is 3.43. The fourth-order valence-electron chi connectivity index (χ4n) is 0.897. The zero-order valence-electron chi connectivity index (χ0n) is 8.53. The van der Waals surface area contributed by atoms with Crippen LogP contribution in [0.1, 0.15) is 0 Å². The largest absolute Gasteiger partial charge is 0.452 e. The van der Waals surface area contributed by atoms with Gasteiger partial charge in [0.1, 0.15) is 0 Å². The summed E-state index contributed by atoms with van der Waals surface area (Å²) in [5.41, 5.74) is 0.203. The number of rotatable bonds is 3. The molecule has 6 nitrogen and oxygen atoms in total. The molecule has 0 spiro atoms. The highest BCUT2D eigenvalue weighted by Gasteiger charge is 2.15. The Labute approximate surface area is 112 Å². The first-order valence-corrected chi connectivity index (χ1v) is 6.83. The quantitative estimate of drug-likeness (QED) is 0.880. The van der Waals surface area contributed by atoms with Crippen LogP contribution in [0.4, 0.5) is 10.5 Å². The van der Waals surface area contributed by atoms with Crippen molar-refractivity contribution >= 4 is 49.5 Å². The molecule has 0 aliphatic carbocycles. The molecule has 1 amide bonds. The average molecular weight is 344 g/mol. The highest BCUT2D eigenvalue weighted by Crippen LogP contribution is 2.26. The summed E-state index contributed by atoms with van der Waals surface area (Å²) in [5, 5.41) is 0.351. The van der Waals surface area contributed by atoms with Gasteiger partial charge in [0.25, 0.3) is 0 Å². The van der Waals surface area contributed by atoms with Crippen LogP contribution in [0.15, 0.2) is 22.7 Å². The molecule has 1 aromatic rings. The average Bonchev–Trinajstić information content (AvgIpc) is 2.22. The number of nitrogens with one attached hydrogen (secondary N) is 2. The molecule has 9 heteroatoms. The first kappa shape index (κ1) is 14.1. The molecule has 1 rings (SSSR count). The minimum absolute atomic E-state index is 0.203. The highest BCUT2D eigenvalue weighted by atomic mass is 79.9. The van der Waals surface area contributed by atoms with E-state index in [2.05, 4.69) is 25.4 Å². The van der Waals surface area contributed by atoms with Crippen molar-refractivity contribution in [3.05, 3.63) is 27.7 Å². The van der Waals surface area contributed by atoms with E-state index in [0.29, 0.717) is 9.50 Å². The Morgan fingerprint density at radius 2 is 2.12 bits per heavy atom. The summed E-state index contributed by atoms with van der Waals surface area (Å²) in [6.45, 7) is 0. The molecule has 0 atom stereocenters. The van der Waals surface area contributed by atoms with E-state index in [1.807, 2.05) is 0 Å². The van der Waals surface area contributed by atoms with Gasteiger partial charge in [-0.2, -0.15) is 8.42 Å². The Balaban J connectivity index is 2.90. The molecule has 0 radical (unpaired) electrons. The normalized spacial score (nSPS) is 10.8. The van der Waals surface area contributed by atoms with E-state index in [1.165, 1.54) is 6.07 Å². The second kappa shape index (κ2) is 5.56. The van der Waals surface area contributed by atoms with E-state index in [9.17, 15) is 13.2 Å². The maximum Gasteiger partial charge on any atom is 0.422 e. The predicted molar refractivity (Wildman–Crippen MR) is 67.2 cm³/mol. The molecule has 0 bridgehead atoms. The van der Waals surface area contributed by atoms with Gasteiger partial charge < -0.3 is 4.74 Å². The first-order chi connectivity index (χ1) is 7.84. The first-order valence-electron chi connectivity index (χ1n) is 4.17. The summed E-state index contributed by atoms with van der Waals surface area (Å²) in [6.07, 6.45) is -1.09. The van der Waals surface area contributed by atoms with Gasteiger partial charge in [-0.05, 0) is 34.1 Å². The number of methoxy groups -OCH3 is 1. The van der Waals surface area contributed by atoms with Crippen LogP contribution < -0.4 is 9.44 Å². The van der Waals surface area contributed by atoms with Gasteiger partial charge in [-0.1, -0.05) is 11.6 Å². The van der Waals surface area contributed by atoms with E-state index in [-0.39, 0.29) is 5.69 Å². The van der Waals surface area contributed by atoms with Crippen molar-refractivity contribution < 1.29 is 17.9 Å². The van der Waals surface area contributed by atoms with Crippen LogP contribution in [0.3, 0.4) is 0 Å². The molecule has 1 aromatic carbocycles. The van der Waals surface area contributed by atoms with Gasteiger partial charge in [0.05, 0.1) is 12.8 Å². The summed E-state index contributed by atoms with van der Waals surface area (Å²) in [4.78, 5) is 10.8. The van der Waals surface area contributed by atoms with E-state index in [4.69, 9.17) is 11.6 Å². The van der Waals surface area contributed by atoms with Crippen molar-refractivity contribution in [3.8, 4) is 0 Å². The maximum absolute atomic E-state index is 11.4. The predicted octanol–water partition coefficient (Wildman–Crippen LogP) is 2.12. The van der Waals surface area contributed by atoms with Gasteiger partial charge >= 0.3 is 16.3 Å².